The van der Waals surface area contributed by atoms with Crippen LogP contribution in [0.3, 0.4) is 0 Å². The zero-order chi connectivity index (χ0) is 12.6. The van der Waals surface area contributed by atoms with Crippen LogP contribution >= 0.6 is 0 Å². The largest absolute Gasteiger partial charge is 0.407 e. The molecule has 1 heterocycles. The van der Waals surface area contributed by atoms with Crippen LogP contribution in [-0.4, -0.2) is 11.2 Å². The van der Waals surface area contributed by atoms with E-state index in [1.165, 1.54) is 6.07 Å². The van der Waals surface area contributed by atoms with E-state index in [1.807, 2.05) is 0 Å². The van der Waals surface area contributed by atoms with Gasteiger partial charge in [0.15, 0.2) is 0 Å². The number of aromatic nitrogens is 1. The van der Waals surface area contributed by atoms with Crippen molar-refractivity contribution in [2.45, 2.75) is 19.1 Å². The zero-order valence-electron chi connectivity index (χ0n) is 9.12. The summed E-state index contributed by atoms with van der Waals surface area (Å²) in [5, 5.41) is 0.447. The summed E-state index contributed by atoms with van der Waals surface area (Å²) in [4.78, 5) is 4.18. The lowest BCUT2D eigenvalue weighted by Gasteiger charge is -2.18. The maximum Gasteiger partial charge on any atom is 0.407 e. The highest BCUT2D eigenvalue weighted by molar-refractivity contribution is 5.82. The summed E-state index contributed by atoms with van der Waals surface area (Å²) in [7, 11) is 0. The Bertz CT molecular complexity index is 549. The van der Waals surface area contributed by atoms with E-state index >= 15 is 0 Å². The molecule has 2 nitrogen and oxygen atoms in total. The number of halogens is 3. The maximum absolute atomic E-state index is 12.6. The number of nitrogens with zero attached hydrogens (tertiary/aromatic N) is 1. The number of alkyl halides is 3. The Kier molecular flexibility index (Phi) is 2.79. The summed E-state index contributed by atoms with van der Waals surface area (Å²) in [6.07, 6.45) is -4.45. The highest BCUT2D eigenvalue weighted by Gasteiger charge is 2.38. The van der Waals surface area contributed by atoms with Crippen LogP contribution < -0.4 is 5.73 Å². The van der Waals surface area contributed by atoms with Gasteiger partial charge in [-0.25, -0.2) is 0 Å². The Labute approximate surface area is 96.3 Å². The van der Waals surface area contributed by atoms with Crippen molar-refractivity contribution in [1.29, 1.82) is 0 Å². The van der Waals surface area contributed by atoms with Gasteiger partial charge in [-0.3, -0.25) is 4.98 Å². The van der Waals surface area contributed by atoms with Crippen LogP contribution in [0.25, 0.3) is 10.9 Å². The zero-order valence-corrected chi connectivity index (χ0v) is 9.12. The predicted molar refractivity (Wildman–Crippen MR) is 59.5 cm³/mol. The normalized spacial score (nSPS) is 13.9. The van der Waals surface area contributed by atoms with Crippen LogP contribution in [0.1, 0.15) is 17.3 Å². The Morgan fingerprint density at radius 2 is 1.88 bits per heavy atom. The molecular weight excluding hydrogens is 229 g/mol. The minimum atomic E-state index is -4.45. The molecule has 1 atom stereocenters. The van der Waals surface area contributed by atoms with Crippen molar-refractivity contribution in [2.24, 2.45) is 5.73 Å². The van der Waals surface area contributed by atoms with E-state index in [0.29, 0.717) is 16.6 Å². The van der Waals surface area contributed by atoms with Crippen molar-refractivity contribution in [3.8, 4) is 0 Å². The quantitative estimate of drug-likeness (QED) is 0.831. The molecule has 17 heavy (non-hydrogen) atoms. The first-order valence-electron chi connectivity index (χ1n) is 5.08. The summed E-state index contributed by atoms with van der Waals surface area (Å²) in [6, 6.07) is 6.09. The molecule has 0 aliphatic rings. The van der Waals surface area contributed by atoms with E-state index in [1.54, 1.807) is 31.2 Å². The van der Waals surface area contributed by atoms with Crippen molar-refractivity contribution in [3.05, 3.63) is 41.6 Å². The minimum Gasteiger partial charge on any atom is -0.316 e. The fraction of sp³-hybridized carbons (Fsp3) is 0.250. The highest BCUT2D eigenvalue weighted by Crippen LogP contribution is 2.34. The molecule has 2 N–H and O–H groups in total. The number of benzene rings is 1. The number of nitrogens with two attached hydrogens (primary N) is 1. The highest BCUT2D eigenvalue weighted by atomic mass is 19.4. The third-order valence-electron chi connectivity index (χ3n) is 2.56. The van der Waals surface area contributed by atoms with Gasteiger partial charge in [0.05, 0.1) is 5.52 Å². The number of fused-ring (bicyclic) bond motifs is 1. The molecule has 2 aromatic rings. The molecule has 2 rings (SSSR count). The molecule has 1 aromatic carbocycles. The van der Waals surface area contributed by atoms with Gasteiger partial charge in [-0.05, 0) is 24.6 Å². The number of hydrogen-bond donors (Lipinski definition) is 1. The number of para-hydroxylation sites is 1. The van der Waals surface area contributed by atoms with E-state index in [0.717, 1.165) is 0 Å². The molecule has 0 spiro atoms. The van der Waals surface area contributed by atoms with E-state index in [9.17, 15) is 13.2 Å². The van der Waals surface area contributed by atoms with E-state index < -0.39 is 12.2 Å². The molecule has 5 heteroatoms. The van der Waals surface area contributed by atoms with Gasteiger partial charge in [0.2, 0.25) is 0 Å². The van der Waals surface area contributed by atoms with Gasteiger partial charge in [0.1, 0.15) is 6.04 Å². The molecule has 0 aliphatic heterocycles. The second kappa shape index (κ2) is 4.00. The lowest BCUT2D eigenvalue weighted by Crippen LogP contribution is -2.28. The topological polar surface area (TPSA) is 38.9 Å². The van der Waals surface area contributed by atoms with Crippen molar-refractivity contribution in [2.75, 3.05) is 0 Å². The SMILES string of the molecule is Cc1cc(C(N)C(F)(F)F)c2ccccc2n1. The van der Waals surface area contributed by atoms with Crippen LogP contribution in [0, 0.1) is 6.92 Å². The number of rotatable bonds is 1. The van der Waals surface area contributed by atoms with E-state index in [4.69, 9.17) is 5.73 Å². The van der Waals surface area contributed by atoms with E-state index in [2.05, 4.69) is 4.98 Å². The van der Waals surface area contributed by atoms with E-state index in [-0.39, 0.29) is 5.56 Å². The van der Waals surface area contributed by atoms with Crippen LogP contribution in [0.4, 0.5) is 13.2 Å². The Morgan fingerprint density at radius 1 is 1.24 bits per heavy atom. The number of aryl methyl sites for hydroxylation is 1. The fourth-order valence-corrected chi connectivity index (χ4v) is 1.77. The molecule has 0 saturated heterocycles. The second-order valence-electron chi connectivity index (χ2n) is 3.89. The maximum atomic E-state index is 12.6. The smallest absolute Gasteiger partial charge is 0.316 e. The molecule has 0 radical (unpaired) electrons. The van der Waals surface area contributed by atoms with Gasteiger partial charge < -0.3 is 5.73 Å². The van der Waals surface area contributed by atoms with Crippen LogP contribution in [-0.2, 0) is 0 Å². The van der Waals surface area contributed by atoms with Gasteiger partial charge in [0, 0.05) is 11.1 Å². The summed E-state index contributed by atoms with van der Waals surface area (Å²) < 4.78 is 37.9. The number of hydrogen-bond acceptors (Lipinski definition) is 2. The van der Waals surface area contributed by atoms with Crippen LogP contribution in [0.2, 0.25) is 0 Å². The van der Waals surface area contributed by atoms with Gasteiger partial charge >= 0.3 is 6.18 Å². The predicted octanol–water partition coefficient (Wildman–Crippen LogP) is 3.11. The summed E-state index contributed by atoms with van der Waals surface area (Å²) in [6.45, 7) is 1.65. The first-order chi connectivity index (χ1) is 7.89. The fourth-order valence-electron chi connectivity index (χ4n) is 1.77. The third kappa shape index (κ3) is 2.24. The van der Waals surface area contributed by atoms with Crippen molar-refractivity contribution in [3.63, 3.8) is 0 Å². The molecule has 0 amide bonds. The van der Waals surface area contributed by atoms with Gasteiger partial charge in [-0.15, -0.1) is 0 Å². The van der Waals surface area contributed by atoms with Crippen molar-refractivity contribution >= 4 is 10.9 Å². The first-order valence-corrected chi connectivity index (χ1v) is 5.08. The molecule has 1 unspecified atom stereocenters. The molecule has 1 aromatic heterocycles. The molecule has 0 saturated carbocycles. The summed E-state index contributed by atoms with van der Waals surface area (Å²) >= 11 is 0. The Morgan fingerprint density at radius 3 is 2.53 bits per heavy atom. The first kappa shape index (κ1) is 11.9. The lowest BCUT2D eigenvalue weighted by atomic mass is 10.0. The summed E-state index contributed by atoms with van der Waals surface area (Å²) in [5.74, 6) is 0. The standard InChI is InChI=1S/C12H11F3N2/c1-7-6-9(11(16)12(13,14)15)8-4-2-3-5-10(8)17-7/h2-6,11H,16H2,1H3. The minimum absolute atomic E-state index is 0.0700. The molecule has 0 fully saturated rings. The Hall–Kier alpha value is -1.62. The average molecular weight is 240 g/mol. The lowest BCUT2D eigenvalue weighted by molar-refractivity contribution is -0.148. The van der Waals surface area contributed by atoms with Crippen LogP contribution in [0.5, 0.6) is 0 Å². The van der Waals surface area contributed by atoms with Gasteiger partial charge in [-0.2, -0.15) is 13.2 Å². The monoisotopic (exact) mass is 240 g/mol. The Balaban J connectivity index is 2.68. The van der Waals surface area contributed by atoms with Crippen LogP contribution in [0.15, 0.2) is 30.3 Å². The average Bonchev–Trinajstić information content (AvgIpc) is 2.25. The van der Waals surface area contributed by atoms with Gasteiger partial charge in [-0.1, -0.05) is 18.2 Å². The molecule has 90 valence electrons. The molecule has 0 aliphatic carbocycles. The van der Waals surface area contributed by atoms with Gasteiger partial charge in [0.25, 0.3) is 0 Å². The second-order valence-corrected chi connectivity index (χ2v) is 3.89. The third-order valence-corrected chi connectivity index (χ3v) is 2.56. The summed E-state index contributed by atoms with van der Waals surface area (Å²) in [5.41, 5.74) is 6.38. The molecular formula is C12H11F3N2. The van der Waals surface area contributed by atoms with Crippen molar-refractivity contribution < 1.29 is 13.2 Å². The van der Waals surface area contributed by atoms with Crippen molar-refractivity contribution in [1.82, 2.24) is 4.98 Å². The molecule has 0 bridgehead atoms. The number of pyridine rings is 1.